The number of carbonyl (C=O) groups excluding carboxylic acids is 7. The maximum absolute atomic E-state index is 14.6. The number of rotatable bonds is 21. The van der Waals surface area contributed by atoms with Crippen LogP contribution in [0.2, 0.25) is 5.02 Å². The molecule has 3 heterocycles. The maximum atomic E-state index is 14.6. The van der Waals surface area contributed by atoms with Crippen LogP contribution in [0.1, 0.15) is 46.1 Å². The Balaban J connectivity index is 0.00000952. The molecule has 3 unspecified atom stereocenters. The van der Waals surface area contributed by atoms with Crippen LogP contribution in [-0.2, 0) is 82.6 Å². The number of sulfone groups is 1. The zero-order valence-electron chi connectivity index (χ0n) is 35.9. The summed E-state index contributed by atoms with van der Waals surface area (Å²) in [6.45, 7) is 5.47. The molecule has 2 fully saturated rings. The van der Waals surface area contributed by atoms with Gasteiger partial charge in [-0.15, -0.1) is 0 Å². The number of nitrogens with zero attached hydrogens (tertiary/aromatic N) is 2. The summed E-state index contributed by atoms with van der Waals surface area (Å²) < 4.78 is 84.9. The molecule has 5 amide bonds. The Bertz CT molecular complexity index is 2260. The summed E-state index contributed by atoms with van der Waals surface area (Å²) in [6, 6.07) is 9.50. The van der Waals surface area contributed by atoms with Crippen molar-refractivity contribution in [1.29, 1.82) is 0 Å². The zero-order chi connectivity index (χ0) is 47.5. The van der Waals surface area contributed by atoms with Gasteiger partial charge in [-0.3, -0.25) is 42.8 Å². The molecule has 3 aliphatic heterocycles. The minimum absolute atomic E-state index is 0. The van der Waals surface area contributed by atoms with Gasteiger partial charge in [0, 0.05) is 61.1 Å². The fourth-order valence-corrected chi connectivity index (χ4v) is 8.74. The normalized spacial score (nSPS) is 19.8. The molecule has 5 rings (SSSR count). The third kappa shape index (κ3) is 15.9. The molecule has 2 aromatic carbocycles. The summed E-state index contributed by atoms with van der Waals surface area (Å²) in [5.41, 5.74) is -0.597. The number of hydrogen-bond acceptors (Lipinski definition) is 19. The first-order valence-corrected chi connectivity index (χ1v) is 23.3. The molecule has 1 N–H and O–H groups in total. The van der Waals surface area contributed by atoms with Gasteiger partial charge in [-0.05, 0) is 75.7 Å². The van der Waals surface area contributed by atoms with Crippen LogP contribution in [0.3, 0.4) is 0 Å². The number of phosphoric acid groups is 1. The van der Waals surface area contributed by atoms with E-state index in [0.717, 1.165) is 23.7 Å². The fraction of sp³-hybridized carbons (Fsp3) is 0.450. The standard InChI is InChI=1S/C40H46ClN3O19PS.U/c1-25(24-65(53,54)29-11-7-27(41)8-12-29)60-38(50)42-30-22-56-31(23-57-37(49)40(2,3)4)36(30)63-64(52,59-20-19-55-18-17-43-32(45)13-14-33(43)46)62-28-9-5-26(6-10-28)21-58-39(51)61-44-34(47)15-16-35(44)48;/h5-14,22,25,30-31,36H,15-21,23-24H2,1-4H3,(H,42,50);/q-1;/t25?,30?,31-,36-,64?;/m1./s1. The van der Waals surface area contributed by atoms with Gasteiger partial charge in [-0.2, -0.15) is 6.61 Å². The van der Waals surface area contributed by atoms with E-state index >= 15 is 0 Å². The second-order valence-corrected chi connectivity index (χ2v) is 19.4. The van der Waals surface area contributed by atoms with Crippen LogP contribution >= 0.6 is 19.4 Å². The molecule has 358 valence electrons. The van der Waals surface area contributed by atoms with Crippen LogP contribution in [0.5, 0.6) is 5.75 Å². The molecule has 0 aliphatic carbocycles. The predicted molar refractivity (Wildman–Crippen MR) is 220 cm³/mol. The number of alkyl carbamates (subject to hydrolysis) is 1. The molecule has 2 aromatic rings. The molecule has 22 nitrogen and oxygen atoms in total. The van der Waals surface area contributed by atoms with Crippen molar-refractivity contribution >= 4 is 71.1 Å². The number of halogens is 1. The van der Waals surface area contributed by atoms with Crippen molar-refractivity contribution in [2.24, 2.45) is 5.41 Å². The monoisotopic (exact) mass is 1210 g/mol. The average Bonchev–Trinajstić information content (AvgIpc) is 3.87. The number of amides is 5. The van der Waals surface area contributed by atoms with E-state index in [2.05, 4.69) is 10.2 Å². The van der Waals surface area contributed by atoms with Gasteiger partial charge in [0.05, 0.1) is 54.6 Å². The zero-order valence-corrected chi connectivity index (χ0v) is 42.5. The van der Waals surface area contributed by atoms with Crippen LogP contribution in [0.15, 0.2) is 65.6 Å². The quantitative estimate of drug-likeness (QED) is 0.0462. The number of hydroxylamine groups is 2. The van der Waals surface area contributed by atoms with Crippen molar-refractivity contribution < 1.29 is 120 Å². The number of carbonyl (C=O) groups is 7. The van der Waals surface area contributed by atoms with Crippen molar-refractivity contribution in [2.45, 2.75) is 76.4 Å². The van der Waals surface area contributed by atoms with Gasteiger partial charge < -0.3 is 33.5 Å². The summed E-state index contributed by atoms with van der Waals surface area (Å²) >= 11 is 5.88. The second kappa shape index (κ2) is 24.1. The molecule has 0 spiro atoms. The molecular formula is C40H46ClN3O19PSU-. The van der Waals surface area contributed by atoms with E-state index in [1.807, 2.05) is 0 Å². The third-order valence-corrected chi connectivity index (χ3v) is 12.7. The van der Waals surface area contributed by atoms with E-state index in [4.69, 9.17) is 48.9 Å². The van der Waals surface area contributed by atoms with E-state index < -0.39 is 108 Å². The largest absolute Gasteiger partial charge is 0.543 e. The van der Waals surface area contributed by atoms with E-state index in [1.54, 1.807) is 20.8 Å². The van der Waals surface area contributed by atoms with Crippen LogP contribution in [0.25, 0.3) is 0 Å². The van der Waals surface area contributed by atoms with Gasteiger partial charge in [0.25, 0.3) is 23.6 Å². The predicted octanol–water partition coefficient (Wildman–Crippen LogP) is 3.99. The van der Waals surface area contributed by atoms with Gasteiger partial charge >= 0.3 is 26.0 Å². The molecular weight excluding hydrogens is 1160 g/mol. The van der Waals surface area contributed by atoms with Gasteiger partial charge in [0.15, 0.2) is 9.84 Å². The molecule has 3 aliphatic rings. The maximum Gasteiger partial charge on any atom is 0.534 e. The van der Waals surface area contributed by atoms with Gasteiger partial charge in [-0.1, -0.05) is 28.8 Å². The number of benzene rings is 2. The molecule has 0 radical (unpaired) electrons. The molecule has 5 atom stereocenters. The molecule has 0 bridgehead atoms. The summed E-state index contributed by atoms with van der Waals surface area (Å²) in [6.07, 6.45) is -4.38. The molecule has 0 saturated carbocycles. The van der Waals surface area contributed by atoms with Gasteiger partial charge in [-0.25, -0.2) is 22.6 Å². The Morgan fingerprint density at radius 3 is 2.20 bits per heavy atom. The van der Waals surface area contributed by atoms with E-state index in [0.29, 0.717) is 15.6 Å². The molecule has 66 heavy (non-hydrogen) atoms. The molecule has 2 saturated heterocycles. The number of ether oxygens (including phenoxy) is 5. The third-order valence-electron chi connectivity index (χ3n) is 9.09. The van der Waals surface area contributed by atoms with Crippen molar-refractivity contribution in [3.8, 4) is 5.75 Å². The Morgan fingerprint density at radius 1 is 0.939 bits per heavy atom. The minimum Gasteiger partial charge on any atom is -0.543 e. The van der Waals surface area contributed by atoms with E-state index in [-0.39, 0.29) is 81.0 Å². The Kier molecular flexibility index (Phi) is 19.8. The smallest absolute Gasteiger partial charge is 0.534 e. The van der Waals surface area contributed by atoms with E-state index in [9.17, 15) is 46.5 Å². The number of hydrogen-bond donors (Lipinski definition) is 1. The first-order chi connectivity index (χ1) is 30.6. The van der Waals surface area contributed by atoms with Crippen molar-refractivity contribution in [1.82, 2.24) is 15.3 Å². The first-order valence-electron chi connectivity index (χ1n) is 19.8. The van der Waals surface area contributed by atoms with Crippen LogP contribution in [0.4, 0.5) is 9.59 Å². The van der Waals surface area contributed by atoms with Crippen LogP contribution < -0.4 is 9.84 Å². The first kappa shape index (κ1) is 54.2. The van der Waals surface area contributed by atoms with Crippen molar-refractivity contribution in [2.75, 3.05) is 38.7 Å². The van der Waals surface area contributed by atoms with Crippen molar-refractivity contribution in [3.63, 3.8) is 0 Å². The molecule has 26 heteroatoms. The summed E-state index contributed by atoms with van der Waals surface area (Å²) in [5, 5.41) is 3.11. The second-order valence-electron chi connectivity index (χ2n) is 15.4. The number of phosphoric ester groups is 1. The SMILES string of the molecule is CC(CS(=O)(=O)c1ccc(Cl)cc1)OC(=O)NC1[CH-]O[C@H](COC(=O)C(C)(C)C)[C@@H]1OP(=O)(OCCOCCN1C(=O)C=CC1=O)Oc1ccc(COC(=O)ON2C(=O)CCC2=O)cc1.[U]. The van der Waals surface area contributed by atoms with Crippen molar-refractivity contribution in [3.05, 3.63) is 77.9 Å². The summed E-state index contributed by atoms with van der Waals surface area (Å²) in [4.78, 5) is 90.9. The van der Waals surface area contributed by atoms with Gasteiger partial charge in [0.2, 0.25) is 0 Å². The van der Waals surface area contributed by atoms with E-state index in [1.165, 1.54) is 55.5 Å². The van der Waals surface area contributed by atoms with Crippen LogP contribution in [0, 0.1) is 43.1 Å². The van der Waals surface area contributed by atoms with Gasteiger partial charge in [0.1, 0.15) is 25.1 Å². The Hall–Kier alpha value is -4.37. The van der Waals surface area contributed by atoms with Crippen LogP contribution in [-0.4, -0.2) is 123 Å². The fourth-order valence-electron chi connectivity index (χ4n) is 5.79. The number of esters is 1. The summed E-state index contributed by atoms with van der Waals surface area (Å²) in [5.74, 6) is -3.79. The minimum atomic E-state index is -4.85. The number of nitrogens with one attached hydrogen (secondary N) is 1. The molecule has 0 aromatic heterocycles. The average molecular weight is 1210 g/mol. The summed E-state index contributed by atoms with van der Waals surface area (Å²) in [7, 11) is -8.78. The topological polar surface area (TPSA) is 272 Å². The Morgan fingerprint density at radius 2 is 1.58 bits per heavy atom. The Labute approximate surface area is 408 Å². The number of imide groups is 2.